The number of thiophene rings is 1. The van der Waals surface area contributed by atoms with E-state index in [0.717, 1.165) is 40.0 Å². The smallest absolute Gasteiger partial charge is 0.162 e. The van der Waals surface area contributed by atoms with Gasteiger partial charge in [-0.15, -0.1) is 11.3 Å². The molecule has 3 rings (SSSR count). The molecule has 152 valence electrons. The SMILES string of the molecule is CC1=CC=C(N(C)C=Nc2c(C=O)sc3nc(C(C)C)cc(N(C)C)c23)CC=C1. The van der Waals surface area contributed by atoms with Crippen molar-refractivity contribution < 1.29 is 4.79 Å². The summed E-state index contributed by atoms with van der Waals surface area (Å²) in [4.78, 5) is 26.8. The van der Waals surface area contributed by atoms with Gasteiger partial charge in [0.05, 0.1) is 28.0 Å². The Morgan fingerprint density at radius 2 is 2.00 bits per heavy atom. The highest BCUT2D eigenvalue weighted by molar-refractivity contribution is 7.21. The average molecular weight is 409 g/mol. The highest BCUT2D eigenvalue weighted by Gasteiger charge is 2.19. The van der Waals surface area contributed by atoms with Crippen molar-refractivity contribution in [3.8, 4) is 0 Å². The zero-order valence-corrected chi connectivity index (χ0v) is 18.7. The Labute approximate surface area is 176 Å². The molecule has 2 heterocycles. The van der Waals surface area contributed by atoms with E-state index < -0.39 is 0 Å². The molecule has 0 bridgehead atoms. The molecule has 0 aromatic carbocycles. The molecule has 6 heteroatoms. The van der Waals surface area contributed by atoms with E-state index in [1.165, 1.54) is 16.9 Å². The minimum atomic E-state index is 0.310. The first-order valence-electron chi connectivity index (χ1n) is 9.72. The number of carbonyl (C=O) groups is 1. The first-order chi connectivity index (χ1) is 13.8. The maximum absolute atomic E-state index is 11.8. The van der Waals surface area contributed by atoms with Crippen LogP contribution in [0.4, 0.5) is 11.4 Å². The second-order valence-corrected chi connectivity index (χ2v) is 8.79. The lowest BCUT2D eigenvalue weighted by Gasteiger charge is -2.18. The number of hydrogen-bond acceptors (Lipinski definition) is 5. The number of hydrogen-bond donors (Lipinski definition) is 0. The predicted octanol–water partition coefficient (Wildman–Crippen LogP) is 5.68. The molecule has 2 aromatic heterocycles. The van der Waals surface area contributed by atoms with Gasteiger partial charge in [-0.25, -0.2) is 9.98 Å². The second kappa shape index (κ2) is 8.74. The summed E-state index contributed by atoms with van der Waals surface area (Å²) in [5.41, 5.74) is 5.11. The molecular formula is C23H28N4OS. The van der Waals surface area contributed by atoms with Crippen LogP contribution in [0.25, 0.3) is 10.2 Å². The van der Waals surface area contributed by atoms with E-state index in [-0.39, 0.29) is 0 Å². The number of allylic oxidation sites excluding steroid dienone is 5. The lowest BCUT2D eigenvalue weighted by Crippen LogP contribution is -2.14. The number of aldehydes is 1. The number of rotatable bonds is 6. The first-order valence-corrected chi connectivity index (χ1v) is 10.5. The van der Waals surface area contributed by atoms with Crippen LogP contribution >= 0.6 is 11.3 Å². The van der Waals surface area contributed by atoms with Crippen molar-refractivity contribution in [2.24, 2.45) is 4.99 Å². The Hall–Kier alpha value is -2.73. The molecule has 0 saturated carbocycles. The molecule has 5 nitrogen and oxygen atoms in total. The van der Waals surface area contributed by atoms with Crippen molar-refractivity contribution >= 4 is 45.6 Å². The third-order valence-corrected chi connectivity index (χ3v) is 5.90. The number of aromatic nitrogens is 1. The maximum atomic E-state index is 11.8. The van der Waals surface area contributed by atoms with Crippen LogP contribution in [-0.2, 0) is 0 Å². The monoisotopic (exact) mass is 408 g/mol. The van der Waals surface area contributed by atoms with Crippen LogP contribution in [0.15, 0.2) is 46.6 Å². The van der Waals surface area contributed by atoms with Crippen LogP contribution in [0.5, 0.6) is 0 Å². The highest BCUT2D eigenvalue weighted by atomic mass is 32.1. The quantitative estimate of drug-likeness (QED) is 0.350. The molecule has 0 amide bonds. The number of pyridine rings is 1. The molecule has 1 aliphatic carbocycles. The maximum Gasteiger partial charge on any atom is 0.162 e. The molecule has 0 saturated heterocycles. The van der Waals surface area contributed by atoms with E-state index in [1.807, 2.05) is 26.0 Å². The molecule has 0 aliphatic heterocycles. The Bertz CT molecular complexity index is 1040. The average Bonchev–Trinajstić information content (AvgIpc) is 2.90. The zero-order chi connectivity index (χ0) is 21.1. The molecule has 0 unspecified atom stereocenters. The number of nitrogens with zero attached hydrogens (tertiary/aromatic N) is 4. The minimum Gasteiger partial charge on any atom is -0.377 e. The fourth-order valence-electron chi connectivity index (χ4n) is 3.15. The molecule has 0 N–H and O–H groups in total. The van der Waals surface area contributed by atoms with Crippen LogP contribution < -0.4 is 4.90 Å². The Morgan fingerprint density at radius 3 is 2.66 bits per heavy atom. The number of anilines is 1. The van der Waals surface area contributed by atoms with Gasteiger partial charge in [0, 0.05) is 39.0 Å². The number of aliphatic imine (C=N–C) groups is 1. The summed E-state index contributed by atoms with van der Waals surface area (Å²) in [6.45, 7) is 6.33. The normalized spacial score (nSPS) is 14.3. The summed E-state index contributed by atoms with van der Waals surface area (Å²) in [6, 6.07) is 2.10. The Kier molecular flexibility index (Phi) is 6.33. The first kappa shape index (κ1) is 21.0. The van der Waals surface area contributed by atoms with Gasteiger partial charge in [-0.2, -0.15) is 0 Å². The van der Waals surface area contributed by atoms with Crippen molar-refractivity contribution in [1.29, 1.82) is 0 Å². The molecule has 29 heavy (non-hydrogen) atoms. The third kappa shape index (κ3) is 4.48. The summed E-state index contributed by atoms with van der Waals surface area (Å²) in [6.07, 6.45) is 12.0. The molecule has 0 spiro atoms. The Balaban J connectivity index is 2.07. The summed E-state index contributed by atoms with van der Waals surface area (Å²) in [5, 5.41) is 0.932. The highest BCUT2D eigenvalue weighted by Crippen LogP contribution is 2.42. The largest absolute Gasteiger partial charge is 0.377 e. The summed E-state index contributed by atoms with van der Waals surface area (Å²) in [5.74, 6) is 0.310. The zero-order valence-electron chi connectivity index (χ0n) is 17.9. The fraction of sp³-hybridized carbons (Fsp3) is 0.348. The van der Waals surface area contributed by atoms with Crippen LogP contribution in [0.1, 0.15) is 48.5 Å². The van der Waals surface area contributed by atoms with Gasteiger partial charge < -0.3 is 9.80 Å². The van der Waals surface area contributed by atoms with Crippen molar-refractivity contribution in [3.05, 3.63) is 52.2 Å². The lowest BCUT2D eigenvalue weighted by molar-refractivity contribution is 0.112. The molecule has 0 fully saturated rings. The van der Waals surface area contributed by atoms with Crippen molar-refractivity contribution in [3.63, 3.8) is 0 Å². The van der Waals surface area contributed by atoms with Gasteiger partial charge in [0.2, 0.25) is 0 Å². The van der Waals surface area contributed by atoms with E-state index in [4.69, 9.17) is 9.98 Å². The summed E-state index contributed by atoms with van der Waals surface area (Å²) in [7, 11) is 6.00. The molecule has 0 radical (unpaired) electrons. The van der Waals surface area contributed by atoms with Gasteiger partial charge in [-0.3, -0.25) is 4.79 Å². The van der Waals surface area contributed by atoms with Gasteiger partial charge >= 0.3 is 0 Å². The van der Waals surface area contributed by atoms with Gasteiger partial charge in [0.1, 0.15) is 4.83 Å². The standard InChI is InChI=1S/C23H28N4OS/c1-15(2)18-12-19(26(4)5)21-22(20(13-28)29-23(21)25-18)24-14-27(6)17-9-7-8-16(3)10-11-17/h7-8,10-15H,9H2,1-6H3. The van der Waals surface area contributed by atoms with E-state index >= 15 is 0 Å². The van der Waals surface area contributed by atoms with Gasteiger partial charge in [0.15, 0.2) is 6.29 Å². The molecule has 1 aliphatic rings. The second-order valence-electron chi connectivity index (χ2n) is 7.76. The van der Waals surface area contributed by atoms with Crippen LogP contribution in [0, 0.1) is 0 Å². The minimum absolute atomic E-state index is 0.310. The number of carbonyl (C=O) groups excluding carboxylic acids is 1. The molecular weight excluding hydrogens is 380 g/mol. The summed E-state index contributed by atoms with van der Waals surface area (Å²) >= 11 is 1.40. The lowest BCUT2D eigenvalue weighted by atomic mass is 10.1. The van der Waals surface area contributed by atoms with Gasteiger partial charge in [0.25, 0.3) is 0 Å². The van der Waals surface area contributed by atoms with E-state index in [0.29, 0.717) is 16.5 Å². The van der Waals surface area contributed by atoms with E-state index in [1.54, 1.807) is 6.34 Å². The summed E-state index contributed by atoms with van der Waals surface area (Å²) < 4.78 is 0. The van der Waals surface area contributed by atoms with Crippen molar-refractivity contribution in [1.82, 2.24) is 9.88 Å². The Morgan fingerprint density at radius 1 is 1.24 bits per heavy atom. The van der Waals surface area contributed by atoms with Gasteiger partial charge in [-0.1, -0.05) is 37.6 Å². The fourth-order valence-corrected chi connectivity index (χ4v) is 4.11. The topological polar surface area (TPSA) is 48.8 Å². The van der Waals surface area contributed by atoms with Crippen LogP contribution in [-0.4, -0.2) is 43.7 Å². The van der Waals surface area contributed by atoms with Crippen LogP contribution in [0.3, 0.4) is 0 Å². The van der Waals surface area contributed by atoms with Crippen molar-refractivity contribution in [2.75, 3.05) is 26.0 Å². The van der Waals surface area contributed by atoms with Gasteiger partial charge in [-0.05, 0) is 25.0 Å². The molecule has 2 aromatic rings. The predicted molar refractivity (Wildman–Crippen MR) is 125 cm³/mol. The van der Waals surface area contributed by atoms with Crippen LogP contribution in [0.2, 0.25) is 0 Å². The molecule has 0 atom stereocenters. The van der Waals surface area contributed by atoms with E-state index in [9.17, 15) is 4.79 Å². The van der Waals surface area contributed by atoms with E-state index in [2.05, 4.69) is 56.0 Å². The third-order valence-electron chi connectivity index (χ3n) is 4.90. The van der Waals surface area contributed by atoms with Crippen molar-refractivity contribution in [2.45, 2.75) is 33.1 Å². The number of fused-ring (bicyclic) bond motifs is 1.